The fraction of sp³-hybridized carbons (Fsp3) is 0.524. The van der Waals surface area contributed by atoms with Crippen LogP contribution in [0.4, 0.5) is 10.7 Å². The number of carbonyl (C=O) groups is 3. The first-order chi connectivity index (χ1) is 14.4. The van der Waals surface area contributed by atoms with Crippen molar-refractivity contribution in [2.45, 2.75) is 52.1 Å². The number of aliphatic carboxylic acids is 1. The molecule has 1 aliphatic heterocycles. The van der Waals surface area contributed by atoms with Crippen LogP contribution in [0.3, 0.4) is 0 Å². The highest BCUT2D eigenvalue weighted by atomic mass is 16.4. The SMILES string of the molecule is CC(C)[C@H](NC(=O)CCCCCNC(=O)N1CCn2c1nc1ccccc12)C(=O)[O-]. The summed E-state index contributed by atoms with van der Waals surface area (Å²) in [6.45, 7) is 5.26. The van der Waals surface area contributed by atoms with E-state index in [0.717, 1.165) is 30.4 Å². The maximum absolute atomic E-state index is 12.5. The summed E-state index contributed by atoms with van der Waals surface area (Å²) >= 11 is 0. The lowest BCUT2D eigenvalue weighted by molar-refractivity contribution is -0.309. The van der Waals surface area contributed by atoms with Gasteiger partial charge in [0.05, 0.1) is 23.0 Å². The van der Waals surface area contributed by atoms with E-state index in [1.807, 2.05) is 28.8 Å². The zero-order valence-electron chi connectivity index (χ0n) is 17.4. The highest BCUT2D eigenvalue weighted by molar-refractivity contribution is 5.93. The maximum Gasteiger partial charge on any atom is 0.324 e. The number of imidazole rings is 1. The van der Waals surface area contributed by atoms with Crippen LogP contribution in [0.15, 0.2) is 24.3 Å². The fourth-order valence-electron chi connectivity index (χ4n) is 3.60. The van der Waals surface area contributed by atoms with Crippen LogP contribution in [0.2, 0.25) is 0 Å². The Morgan fingerprint density at radius 2 is 1.90 bits per heavy atom. The van der Waals surface area contributed by atoms with Gasteiger partial charge in [0.15, 0.2) is 0 Å². The number of fused-ring (bicyclic) bond motifs is 3. The minimum atomic E-state index is -1.27. The predicted molar refractivity (Wildman–Crippen MR) is 111 cm³/mol. The topological polar surface area (TPSA) is 119 Å². The van der Waals surface area contributed by atoms with Crippen LogP contribution in [0.25, 0.3) is 11.0 Å². The molecule has 2 N–H and O–H groups in total. The van der Waals surface area contributed by atoms with Gasteiger partial charge in [0.1, 0.15) is 0 Å². The second kappa shape index (κ2) is 9.60. The number of unbranched alkanes of at least 4 members (excludes halogenated alkanes) is 2. The van der Waals surface area contributed by atoms with Crippen LogP contribution < -0.4 is 20.6 Å². The first-order valence-corrected chi connectivity index (χ1v) is 10.4. The zero-order valence-corrected chi connectivity index (χ0v) is 17.4. The maximum atomic E-state index is 12.5. The number of rotatable bonds is 9. The molecule has 30 heavy (non-hydrogen) atoms. The number of para-hydroxylation sites is 2. The number of amides is 3. The summed E-state index contributed by atoms with van der Waals surface area (Å²) in [5, 5.41) is 16.4. The Labute approximate surface area is 175 Å². The molecule has 1 aromatic carbocycles. The number of carboxylic acids is 1. The molecule has 9 nitrogen and oxygen atoms in total. The molecule has 1 aromatic heterocycles. The predicted octanol–water partition coefficient (Wildman–Crippen LogP) is 1.02. The number of benzene rings is 1. The highest BCUT2D eigenvalue weighted by Crippen LogP contribution is 2.26. The summed E-state index contributed by atoms with van der Waals surface area (Å²) in [5.74, 6) is -1.12. The van der Waals surface area contributed by atoms with Gasteiger partial charge in [-0.1, -0.05) is 32.4 Å². The van der Waals surface area contributed by atoms with E-state index in [1.54, 1.807) is 18.7 Å². The van der Waals surface area contributed by atoms with Crippen molar-refractivity contribution in [2.24, 2.45) is 5.92 Å². The first-order valence-electron chi connectivity index (χ1n) is 10.4. The number of hydrogen-bond acceptors (Lipinski definition) is 5. The average Bonchev–Trinajstić information content (AvgIpc) is 3.27. The number of hydrogen-bond donors (Lipinski definition) is 2. The largest absolute Gasteiger partial charge is 0.548 e. The summed E-state index contributed by atoms with van der Waals surface area (Å²) in [6, 6.07) is 6.68. The molecule has 2 heterocycles. The standard InChI is InChI=1S/C21H29N5O4/c1-14(2)18(19(28)29)24-17(27)10-4-3-7-11-22-21(30)26-13-12-25-16-9-6-5-8-15(16)23-20(25)26/h5-6,8-9,14,18H,3-4,7,10-13H2,1-2H3,(H,22,30)(H,24,27)(H,28,29)/p-1/t18-/m0/s1. The lowest BCUT2D eigenvalue weighted by atomic mass is 10.0. The number of nitrogens with zero attached hydrogens (tertiary/aromatic N) is 3. The van der Waals surface area contributed by atoms with Crippen LogP contribution in [0.5, 0.6) is 0 Å². The Hall–Kier alpha value is -3.10. The Morgan fingerprint density at radius 1 is 1.13 bits per heavy atom. The molecule has 3 rings (SSSR count). The van der Waals surface area contributed by atoms with E-state index < -0.39 is 12.0 Å². The normalized spacial score (nSPS) is 14.0. The summed E-state index contributed by atoms with van der Waals surface area (Å²) < 4.78 is 2.05. The molecule has 0 aliphatic carbocycles. The molecule has 0 radical (unpaired) electrons. The minimum Gasteiger partial charge on any atom is -0.548 e. The monoisotopic (exact) mass is 414 g/mol. The van der Waals surface area contributed by atoms with E-state index in [2.05, 4.69) is 15.6 Å². The van der Waals surface area contributed by atoms with Gasteiger partial charge in [-0.15, -0.1) is 0 Å². The third kappa shape index (κ3) is 4.90. The lowest BCUT2D eigenvalue weighted by Gasteiger charge is -2.23. The number of nitrogens with one attached hydrogen (secondary N) is 2. The molecular weight excluding hydrogens is 386 g/mol. The van der Waals surface area contributed by atoms with Crippen molar-refractivity contribution in [1.29, 1.82) is 0 Å². The highest BCUT2D eigenvalue weighted by Gasteiger charge is 2.27. The van der Waals surface area contributed by atoms with Gasteiger partial charge in [-0.2, -0.15) is 0 Å². The Morgan fingerprint density at radius 3 is 2.63 bits per heavy atom. The third-order valence-electron chi connectivity index (χ3n) is 5.26. The van der Waals surface area contributed by atoms with Crippen LogP contribution >= 0.6 is 0 Å². The van der Waals surface area contributed by atoms with Crippen LogP contribution in [0, 0.1) is 5.92 Å². The Kier molecular flexibility index (Phi) is 6.91. The van der Waals surface area contributed by atoms with Crippen molar-refractivity contribution >= 4 is 34.9 Å². The molecule has 9 heteroatoms. The second-order valence-corrected chi connectivity index (χ2v) is 7.85. The molecule has 0 fully saturated rings. The number of anilines is 1. The summed E-state index contributed by atoms with van der Waals surface area (Å²) in [5.41, 5.74) is 1.90. The summed E-state index contributed by atoms with van der Waals surface area (Å²) in [6.07, 6.45) is 2.36. The molecule has 162 valence electrons. The van der Waals surface area contributed by atoms with Gasteiger partial charge in [0.2, 0.25) is 11.9 Å². The van der Waals surface area contributed by atoms with Crippen molar-refractivity contribution < 1.29 is 19.5 Å². The summed E-state index contributed by atoms with van der Waals surface area (Å²) in [7, 11) is 0. The van der Waals surface area contributed by atoms with Gasteiger partial charge in [-0.3, -0.25) is 9.69 Å². The third-order valence-corrected chi connectivity index (χ3v) is 5.26. The second-order valence-electron chi connectivity index (χ2n) is 7.85. The number of carboxylic acid groups (broad SMARTS) is 1. The van der Waals surface area contributed by atoms with E-state index in [1.165, 1.54) is 0 Å². The van der Waals surface area contributed by atoms with Crippen LogP contribution in [-0.2, 0) is 16.1 Å². The molecule has 3 amide bonds. The van der Waals surface area contributed by atoms with E-state index in [4.69, 9.17) is 0 Å². The van der Waals surface area contributed by atoms with E-state index in [-0.39, 0.29) is 24.3 Å². The molecule has 0 bridgehead atoms. The number of carbonyl (C=O) groups excluding carboxylic acids is 3. The lowest BCUT2D eigenvalue weighted by Crippen LogP contribution is -2.50. The van der Waals surface area contributed by atoms with Gasteiger partial charge < -0.3 is 25.1 Å². The van der Waals surface area contributed by atoms with Crippen molar-refractivity contribution in [1.82, 2.24) is 20.2 Å². The first kappa shape index (κ1) is 21.6. The average molecular weight is 414 g/mol. The Balaban J connectivity index is 1.36. The van der Waals surface area contributed by atoms with E-state index in [9.17, 15) is 19.5 Å². The fourth-order valence-corrected chi connectivity index (χ4v) is 3.60. The molecular formula is C21H28N5O4-. The summed E-state index contributed by atoms with van der Waals surface area (Å²) in [4.78, 5) is 41.6. The minimum absolute atomic E-state index is 0.171. The van der Waals surface area contributed by atoms with Crippen molar-refractivity contribution in [3.8, 4) is 0 Å². The Bertz CT molecular complexity index is 923. The van der Waals surface area contributed by atoms with Gasteiger partial charge in [0.25, 0.3) is 0 Å². The molecule has 0 saturated heterocycles. The van der Waals surface area contributed by atoms with Crippen LogP contribution in [0.1, 0.15) is 39.5 Å². The van der Waals surface area contributed by atoms with Gasteiger partial charge in [-0.25, -0.2) is 9.78 Å². The van der Waals surface area contributed by atoms with Crippen molar-refractivity contribution in [2.75, 3.05) is 18.0 Å². The smallest absolute Gasteiger partial charge is 0.324 e. The molecule has 0 saturated carbocycles. The van der Waals surface area contributed by atoms with Crippen molar-refractivity contribution in [3.05, 3.63) is 24.3 Å². The molecule has 2 aromatic rings. The van der Waals surface area contributed by atoms with E-state index >= 15 is 0 Å². The van der Waals surface area contributed by atoms with Gasteiger partial charge >= 0.3 is 6.03 Å². The number of aromatic nitrogens is 2. The van der Waals surface area contributed by atoms with E-state index in [0.29, 0.717) is 25.5 Å². The molecule has 1 atom stereocenters. The zero-order chi connectivity index (χ0) is 21.7. The molecule has 0 spiro atoms. The molecule has 1 aliphatic rings. The molecule has 0 unspecified atom stereocenters. The quantitative estimate of drug-likeness (QED) is 0.594. The van der Waals surface area contributed by atoms with Crippen molar-refractivity contribution in [3.63, 3.8) is 0 Å². The number of urea groups is 1. The van der Waals surface area contributed by atoms with Gasteiger partial charge in [-0.05, 0) is 30.9 Å². The van der Waals surface area contributed by atoms with Crippen LogP contribution in [-0.4, -0.2) is 46.6 Å². The van der Waals surface area contributed by atoms with Gasteiger partial charge in [0, 0.05) is 26.1 Å².